The molecule has 2 aromatic carbocycles. The first-order chi connectivity index (χ1) is 15.6. The number of benzene rings is 2. The second-order valence-electron chi connectivity index (χ2n) is 8.27. The lowest BCUT2D eigenvalue weighted by Crippen LogP contribution is -2.57. The molecule has 1 aliphatic rings. The summed E-state index contributed by atoms with van der Waals surface area (Å²) in [6, 6.07) is 18.7. The topological polar surface area (TPSA) is 76.1 Å². The van der Waals surface area contributed by atoms with Crippen LogP contribution < -0.4 is 5.32 Å². The Labute approximate surface area is 190 Å². The zero-order valence-electron chi connectivity index (χ0n) is 18.8. The summed E-state index contributed by atoms with van der Waals surface area (Å²) in [5, 5.41) is 12.5. The lowest BCUT2D eigenvalue weighted by atomic mass is 10.0. The number of aliphatic hydroxyl groups excluding tert-OH is 1. The number of hydrogen-bond acceptors (Lipinski definition) is 4. The maximum atomic E-state index is 13.3. The fraction of sp³-hybridized carbons (Fsp3) is 0.440. The predicted molar refractivity (Wildman–Crippen MR) is 125 cm³/mol. The van der Waals surface area contributed by atoms with Gasteiger partial charge in [-0.25, -0.2) is 4.79 Å². The van der Waals surface area contributed by atoms with E-state index in [1.54, 1.807) is 4.90 Å². The third-order valence-corrected chi connectivity index (χ3v) is 5.86. The largest absolute Gasteiger partial charge is 0.395 e. The molecular weight excluding hydrogens is 404 g/mol. The van der Waals surface area contributed by atoms with Gasteiger partial charge < -0.3 is 25.1 Å². The summed E-state index contributed by atoms with van der Waals surface area (Å²) in [6.07, 6.45) is 1.12. The molecule has 0 aliphatic carbocycles. The molecule has 0 bridgehead atoms. The van der Waals surface area contributed by atoms with Crippen molar-refractivity contribution < 1.29 is 14.7 Å². The highest BCUT2D eigenvalue weighted by Gasteiger charge is 2.29. The minimum absolute atomic E-state index is 0.0534. The van der Waals surface area contributed by atoms with Crippen LogP contribution in [0.1, 0.15) is 11.1 Å². The van der Waals surface area contributed by atoms with Crippen molar-refractivity contribution in [1.82, 2.24) is 20.0 Å². The van der Waals surface area contributed by atoms with E-state index >= 15 is 0 Å². The van der Waals surface area contributed by atoms with Crippen LogP contribution in [-0.2, 0) is 17.6 Å². The van der Waals surface area contributed by atoms with Crippen LogP contribution in [0.15, 0.2) is 60.7 Å². The molecule has 172 valence electrons. The zero-order chi connectivity index (χ0) is 22.8. The van der Waals surface area contributed by atoms with Gasteiger partial charge >= 0.3 is 6.03 Å². The number of carbonyl (C=O) groups excluding carboxylic acids is 2. The third-order valence-electron chi connectivity index (χ3n) is 5.86. The summed E-state index contributed by atoms with van der Waals surface area (Å²) in [6.45, 7) is 3.53. The first-order valence-electron chi connectivity index (χ1n) is 11.3. The maximum Gasteiger partial charge on any atom is 0.318 e. The average Bonchev–Trinajstić information content (AvgIpc) is 2.82. The van der Waals surface area contributed by atoms with Gasteiger partial charge in [0.1, 0.15) is 6.04 Å². The Morgan fingerprint density at radius 3 is 2.12 bits per heavy atom. The first kappa shape index (κ1) is 23.8. The fourth-order valence-corrected chi connectivity index (χ4v) is 3.88. The standard InChI is InChI=1S/C25H34N4O3/c1-27-14-16-28(17-15-27)24(31)23(20-22-10-6-3-7-11-22)26-25(32)29(18-19-30)13-12-21-8-4-2-5-9-21/h2-11,23,30H,12-20H2,1H3,(H,26,32). The van der Waals surface area contributed by atoms with E-state index in [0.29, 0.717) is 32.5 Å². The van der Waals surface area contributed by atoms with Crippen molar-refractivity contribution in [1.29, 1.82) is 0 Å². The number of piperazine rings is 1. The predicted octanol–water partition coefficient (Wildman–Crippen LogP) is 1.62. The number of nitrogens with one attached hydrogen (secondary N) is 1. The van der Waals surface area contributed by atoms with Crippen molar-refractivity contribution in [3.63, 3.8) is 0 Å². The molecule has 2 N–H and O–H groups in total. The Bertz CT molecular complexity index is 839. The van der Waals surface area contributed by atoms with Crippen LogP contribution in [0, 0.1) is 0 Å². The van der Waals surface area contributed by atoms with Crippen molar-refractivity contribution in [3.8, 4) is 0 Å². The Hall–Kier alpha value is -2.90. The molecule has 1 unspecified atom stereocenters. The summed E-state index contributed by atoms with van der Waals surface area (Å²) < 4.78 is 0. The van der Waals surface area contributed by atoms with E-state index in [1.807, 2.05) is 72.6 Å². The van der Waals surface area contributed by atoms with E-state index in [9.17, 15) is 14.7 Å². The fourth-order valence-electron chi connectivity index (χ4n) is 3.88. The Balaban J connectivity index is 1.69. The SMILES string of the molecule is CN1CCN(C(=O)C(Cc2ccccc2)NC(=O)N(CCO)CCc2ccccc2)CC1. The molecule has 1 heterocycles. The summed E-state index contributed by atoms with van der Waals surface area (Å²) in [4.78, 5) is 32.1. The zero-order valence-corrected chi connectivity index (χ0v) is 18.8. The van der Waals surface area contributed by atoms with Gasteiger partial charge in [-0.1, -0.05) is 60.7 Å². The second kappa shape index (κ2) is 12.2. The number of amides is 3. The Kier molecular flexibility index (Phi) is 9.07. The van der Waals surface area contributed by atoms with Crippen LogP contribution in [0.3, 0.4) is 0 Å². The van der Waals surface area contributed by atoms with Gasteiger partial charge in [-0.2, -0.15) is 0 Å². The van der Waals surface area contributed by atoms with Crippen LogP contribution in [-0.4, -0.2) is 90.7 Å². The van der Waals surface area contributed by atoms with Gasteiger partial charge in [0.25, 0.3) is 0 Å². The van der Waals surface area contributed by atoms with Crippen LogP contribution in [0.5, 0.6) is 0 Å². The van der Waals surface area contributed by atoms with Crippen molar-refractivity contribution >= 4 is 11.9 Å². The normalized spacial score (nSPS) is 15.2. The number of aliphatic hydroxyl groups is 1. The van der Waals surface area contributed by atoms with E-state index in [4.69, 9.17) is 0 Å². The molecule has 0 spiro atoms. The van der Waals surface area contributed by atoms with Crippen molar-refractivity contribution in [2.45, 2.75) is 18.9 Å². The molecule has 1 aliphatic heterocycles. The molecule has 7 nitrogen and oxygen atoms in total. The van der Waals surface area contributed by atoms with Gasteiger partial charge in [0.2, 0.25) is 5.91 Å². The number of hydrogen-bond donors (Lipinski definition) is 2. The van der Waals surface area contributed by atoms with Gasteiger partial charge in [0.05, 0.1) is 6.61 Å². The lowest BCUT2D eigenvalue weighted by molar-refractivity contribution is -0.134. The number of carbonyl (C=O) groups is 2. The van der Waals surface area contributed by atoms with E-state index in [0.717, 1.165) is 24.2 Å². The molecule has 1 fully saturated rings. The Morgan fingerprint density at radius 1 is 0.938 bits per heavy atom. The highest BCUT2D eigenvalue weighted by molar-refractivity contribution is 5.87. The van der Waals surface area contributed by atoms with Gasteiger partial charge in [-0.05, 0) is 24.6 Å². The van der Waals surface area contributed by atoms with E-state index in [2.05, 4.69) is 10.2 Å². The maximum absolute atomic E-state index is 13.3. The van der Waals surface area contributed by atoms with E-state index in [-0.39, 0.29) is 25.1 Å². The second-order valence-corrected chi connectivity index (χ2v) is 8.27. The molecule has 0 saturated carbocycles. The van der Waals surface area contributed by atoms with Crippen LogP contribution >= 0.6 is 0 Å². The summed E-state index contributed by atoms with van der Waals surface area (Å²) in [5.74, 6) is -0.0534. The quantitative estimate of drug-likeness (QED) is 0.624. The third kappa shape index (κ3) is 7.07. The van der Waals surface area contributed by atoms with Gasteiger partial charge in [-0.3, -0.25) is 4.79 Å². The molecule has 7 heteroatoms. The molecular formula is C25H34N4O3. The first-order valence-corrected chi connectivity index (χ1v) is 11.3. The number of likely N-dealkylation sites (N-methyl/N-ethyl adjacent to an activating group) is 1. The minimum Gasteiger partial charge on any atom is -0.395 e. The molecule has 1 atom stereocenters. The molecule has 32 heavy (non-hydrogen) atoms. The molecule has 3 rings (SSSR count). The van der Waals surface area contributed by atoms with Gasteiger partial charge in [-0.15, -0.1) is 0 Å². The molecule has 2 aromatic rings. The molecule has 3 amide bonds. The van der Waals surface area contributed by atoms with Crippen molar-refractivity contribution in [3.05, 3.63) is 71.8 Å². The highest BCUT2D eigenvalue weighted by Crippen LogP contribution is 2.10. The average molecular weight is 439 g/mol. The number of urea groups is 1. The summed E-state index contributed by atoms with van der Waals surface area (Å²) in [7, 11) is 2.05. The van der Waals surface area contributed by atoms with Crippen LogP contribution in [0.25, 0.3) is 0 Å². The van der Waals surface area contributed by atoms with Crippen LogP contribution in [0.4, 0.5) is 4.79 Å². The lowest BCUT2D eigenvalue weighted by Gasteiger charge is -2.35. The van der Waals surface area contributed by atoms with Gasteiger partial charge in [0, 0.05) is 45.7 Å². The summed E-state index contributed by atoms with van der Waals surface area (Å²) >= 11 is 0. The number of rotatable bonds is 9. The molecule has 0 aromatic heterocycles. The van der Waals surface area contributed by atoms with E-state index < -0.39 is 6.04 Å². The van der Waals surface area contributed by atoms with Crippen molar-refractivity contribution in [2.24, 2.45) is 0 Å². The van der Waals surface area contributed by atoms with Gasteiger partial charge in [0.15, 0.2) is 0 Å². The molecule has 0 radical (unpaired) electrons. The van der Waals surface area contributed by atoms with E-state index in [1.165, 1.54) is 0 Å². The highest BCUT2D eigenvalue weighted by atomic mass is 16.3. The Morgan fingerprint density at radius 2 is 1.53 bits per heavy atom. The smallest absolute Gasteiger partial charge is 0.318 e. The van der Waals surface area contributed by atoms with Crippen LogP contribution in [0.2, 0.25) is 0 Å². The number of nitrogens with zero attached hydrogens (tertiary/aromatic N) is 3. The minimum atomic E-state index is -0.647. The summed E-state index contributed by atoms with van der Waals surface area (Å²) in [5.41, 5.74) is 2.12. The molecule has 1 saturated heterocycles. The van der Waals surface area contributed by atoms with Crippen molar-refractivity contribution in [2.75, 3.05) is 52.9 Å². The monoisotopic (exact) mass is 438 g/mol.